The van der Waals surface area contributed by atoms with Crippen molar-refractivity contribution in [3.05, 3.63) is 59.4 Å². The number of benzene rings is 2. The SMILES string of the molecule is Cc1ccc(CNC(=O)CSc2ccc(N)c(F)c2)cc1. The van der Waals surface area contributed by atoms with Crippen LogP contribution in [0.4, 0.5) is 10.1 Å². The van der Waals surface area contributed by atoms with E-state index in [0.29, 0.717) is 11.4 Å². The third-order valence-corrected chi connectivity index (χ3v) is 3.95. The molecule has 2 rings (SSSR count). The number of nitrogens with one attached hydrogen (secondary N) is 1. The van der Waals surface area contributed by atoms with Gasteiger partial charge in [0.15, 0.2) is 0 Å². The van der Waals surface area contributed by atoms with Crippen molar-refractivity contribution < 1.29 is 9.18 Å². The Balaban J connectivity index is 1.79. The summed E-state index contributed by atoms with van der Waals surface area (Å²) in [6.07, 6.45) is 0. The maximum absolute atomic E-state index is 13.3. The molecule has 0 aromatic heterocycles. The number of amides is 1. The molecular weight excluding hydrogens is 287 g/mol. The van der Waals surface area contributed by atoms with Crippen LogP contribution in [0.1, 0.15) is 11.1 Å². The first-order valence-electron chi connectivity index (χ1n) is 6.54. The molecule has 3 nitrogen and oxygen atoms in total. The lowest BCUT2D eigenvalue weighted by Gasteiger charge is -2.06. The van der Waals surface area contributed by atoms with Crippen LogP contribution in [0.2, 0.25) is 0 Å². The van der Waals surface area contributed by atoms with E-state index < -0.39 is 5.82 Å². The summed E-state index contributed by atoms with van der Waals surface area (Å²) in [5.74, 6) is -0.298. The number of nitrogen functional groups attached to an aromatic ring is 1. The molecule has 0 heterocycles. The summed E-state index contributed by atoms with van der Waals surface area (Å²) in [7, 11) is 0. The first kappa shape index (κ1) is 15.4. The summed E-state index contributed by atoms with van der Waals surface area (Å²) >= 11 is 1.28. The Kier molecular flexibility index (Phi) is 5.22. The van der Waals surface area contributed by atoms with Crippen molar-refractivity contribution in [2.45, 2.75) is 18.4 Å². The number of hydrogen-bond acceptors (Lipinski definition) is 3. The molecule has 3 N–H and O–H groups in total. The van der Waals surface area contributed by atoms with Gasteiger partial charge in [0.1, 0.15) is 5.82 Å². The second kappa shape index (κ2) is 7.13. The van der Waals surface area contributed by atoms with Crippen molar-refractivity contribution in [1.82, 2.24) is 5.32 Å². The first-order chi connectivity index (χ1) is 10.0. The predicted octanol–water partition coefficient (Wildman–Crippen LogP) is 3.12. The van der Waals surface area contributed by atoms with Gasteiger partial charge < -0.3 is 11.1 Å². The first-order valence-corrected chi connectivity index (χ1v) is 7.53. The van der Waals surface area contributed by atoms with E-state index in [0.717, 1.165) is 5.56 Å². The maximum atomic E-state index is 13.3. The summed E-state index contributed by atoms with van der Waals surface area (Å²) in [6, 6.07) is 12.5. The van der Waals surface area contributed by atoms with Gasteiger partial charge in [0.05, 0.1) is 11.4 Å². The molecule has 0 spiro atoms. The molecule has 0 atom stereocenters. The number of thioether (sulfide) groups is 1. The molecule has 0 bridgehead atoms. The van der Waals surface area contributed by atoms with E-state index >= 15 is 0 Å². The standard InChI is InChI=1S/C16H17FN2OS/c1-11-2-4-12(5-3-11)9-19-16(20)10-21-13-6-7-15(18)14(17)8-13/h2-8H,9-10,18H2,1H3,(H,19,20). The van der Waals surface area contributed by atoms with Crippen LogP contribution in [-0.4, -0.2) is 11.7 Å². The van der Waals surface area contributed by atoms with E-state index in [-0.39, 0.29) is 17.3 Å². The van der Waals surface area contributed by atoms with Crippen LogP contribution < -0.4 is 11.1 Å². The van der Waals surface area contributed by atoms with E-state index in [1.165, 1.54) is 29.5 Å². The molecule has 2 aromatic carbocycles. The summed E-state index contributed by atoms with van der Waals surface area (Å²) < 4.78 is 13.3. The Hall–Kier alpha value is -2.01. The minimum atomic E-state index is -0.458. The molecule has 5 heteroatoms. The number of rotatable bonds is 5. The van der Waals surface area contributed by atoms with Crippen LogP contribution in [0.3, 0.4) is 0 Å². The number of carbonyl (C=O) groups is 1. The van der Waals surface area contributed by atoms with Gasteiger partial charge in [-0.15, -0.1) is 11.8 Å². The molecule has 110 valence electrons. The average molecular weight is 304 g/mol. The van der Waals surface area contributed by atoms with Gasteiger partial charge in [-0.1, -0.05) is 29.8 Å². The van der Waals surface area contributed by atoms with Gasteiger partial charge in [0, 0.05) is 11.4 Å². The summed E-state index contributed by atoms with van der Waals surface area (Å²) in [5.41, 5.74) is 7.76. The molecule has 0 unspecified atom stereocenters. The highest BCUT2D eigenvalue weighted by Gasteiger charge is 2.05. The maximum Gasteiger partial charge on any atom is 0.230 e. The van der Waals surface area contributed by atoms with Gasteiger partial charge in [-0.05, 0) is 30.7 Å². The van der Waals surface area contributed by atoms with Crippen LogP contribution in [-0.2, 0) is 11.3 Å². The normalized spacial score (nSPS) is 10.4. The molecular formula is C16H17FN2OS. The Morgan fingerprint density at radius 1 is 1.24 bits per heavy atom. The molecule has 2 aromatic rings. The molecule has 0 aliphatic rings. The van der Waals surface area contributed by atoms with E-state index in [2.05, 4.69) is 5.32 Å². The Labute approximate surface area is 127 Å². The molecule has 0 aliphatic heterocycles. The fourth-order valence-corrected chi connectivity index (χ4v) is 2.46. The lowest BCUT2D eigenvalue weighted by atomic mass is 10.1. The highest BCUT2D eigenvalue weighted by atomic mass is 32.2. The molecule has 0 radical (unpaired) electrons. The zero-order valence-corrected chi connectivity index (χ0v) is 12.5. The lowest BCUT2D eigenvalue weighted by molar-refractivity contribution is -0.118. The van der Waals surface area contributed by atoms with Crippen LogP contribution >= 0.6 is 11.8 Å². The van der Waals surface area contributed by atoms with Crippen LogP contribution in [0.15, 0.2) is 47.4 Å². The van der Waals surface area contributed by atoms with Crippen LogP contribution in [0.5, 0.6) is 0 Å². The number of carbonyl (C=O) groups excluding carboxylic acids is 1. The van der Waals surface area contributed by atoms with Crippen molar-refractivity contribution >= 4 is 23.4 Å². The summed E-state index contributed by atoms with van der Waals surface area (Å²) in [6.45, 7) is 2.51. The zero-order valence-electron chi connectivity index (χ0n) is 11.7. The Morgan fingerprint density at radius 2 is 1.95 bits per heavy atom. The number of anilines is 1. The lowest BCUT2D eigenvalue weighted by Crippen LogP contribution is -2.24. The fraction of sp³-hybridized carbons (Fsp3) is 0.188. The van der Waals surface area contributed by atoms with Gasteiger partial charge in [-0.3, -0.25) is 4.79 Å². The average Bonchev–Trinajstić information content (AvgIpc) is 2.48. The van der Waals surface area contributed by atoms with Crippen molar-refractivity contribution in [3.63, 3.8) is 0 Å². The molecule has 0 saturated heterocycles. The number of aryl methyl sites for hydroxylation is 1. The molecule has 0 saturated carbocycles. The van der Waals surface area contributed by atoms with Crippen molar-refractivity contribution in [1.29, 1.82) is 0 Å². The van der Waals surface area contributed by atoms with Crippen molar-refractivity contribution in [2.75, 3.05) is 11.5 Å². The van der Waals surface area contributed by atoms with Crippen molar-refractivity contribution in [2.24, 2.45) is 0 Å². The topological polar surface area (TPSA) is 55.1 Å². The second-order valence-corrected chi connectivity index (χ2v) is 5.78. The smallest absolute Gasteiger partial charge is 0.230 e. The van der Waals surface area contributed by atoms with Gasteiger partial charge in [0.25, 0.3) is 0 Å². The van der Waals surface area contributed by atoms with E-state index in [1.54, 1.807) is 6.07 Å². The van der Waals surface area contributed by atoms with E-state index in [4.69, 9.17) is 5.73 Å². The van der Waals surface area contributed by atoms with Gasteiger partial charge in [-0.2, -0.15) is 0 Å². The van der Waals surface area contributed by atoms with Gasteiger partial charge >= 0.3 is 0 Å². The van der Waals surface area contributed by atoms with Gasteiger partial charge in [0.2, 0.25) is 5.91 Å². The second-order valence-electron chi connectivity index (χ2n) is 4.73. The predicted molar refractivity (Wildman–Crippen MR) is 84.6 cm³/mol. The summed E-state index contributed by atoms with van der Waals surface area (Å²) in [5, 5.41) is 2.84. The largest absolute Gasteiger partial charge is 0.396 e. The number of hydrogen-bond donors (Lipinski definition) is 2. The van der Waals surface area contributed by atoms with Crippen molar-refractivity contribution in [3.8, 4) is 0 Å². The van der Waals surface area contributed by atoms with Gasteiger partial charge in [-0.25, -0.2) is 4.39 Å². The quantitative estimate of drug-likeness (QED) is 0.659. The van der Waals surface area contributed by atoms with E-state index in [1.807, 2.05) is 31.2 Å². The minimum Gasteiger partial charge on any atom is -0.396 e. The highest BCUT2D eigenvalue weighted by Crippen LogP contribution is 2.21. The zero-order chi connectivity index (χ0) is 15.2. The third-order valence-electron chi connectivity index (χ3n) is 2.95. The molecule has 0 aliphatic carbocycles. The number of nitrogens with two attached hydrogens (primary N) is 1. The number of halogens is 1. The Morgan fingerprint density at radius 3 is 2.62 bits per heavy atom. The Bertz CT molecular complexity index is 629. The monoisotopic (exact) mass is 304 g/mol. The minimum absolute atomic E-state index is 0.0854. The molecule has 21 heavy (non-hydrogen) atoms. The molecule has 1 amide bonds. The highest BCUT2D eigenvalue weighted by molar-refractivity contribution is 8.00. The van der Waals surface area contributed by atoms with E-state index in [9.17, 15) is 9.18 Å². The van der Waals surface area contributed by atoms with Crippen LogP contribution in [0, 0.1) is 12.7 Å². The van der Waals surface area contributed by atoms with Crippen LogP contribution in [0.25, 0.3) is 0 Å². The third kappa shape index (κ3) is 4.79. The summed E-state index contributed by atoms with van der Waals surface area (Å²) in [4.78, 5) is 12.4. The fourth-order valence-electron chi connectivity index (χ4n) is 1.70. The molecule has 0 fully saturated rings.